The topological polar surface area (TPSA) is 35.8 Å². The second kappa shape index (κ2) is 5.74. The molecule has 0 saturated carbocycles. The lowest BCUT2D eigenvalue weighted by molar-refractivity contribution is 0.620. The van der Waals surface area contributed by atoms with Gasteiger partial charge in [-0.2, -0.15) is 5.26 Å². The minimum Gasteiger partial charge on any atom is -0.308 e. The van der Waals surface area contributed by atoms with E-state index in [9.17, 15) is 4.39 Å². The number of halogens is 1. The quantitative estimate of drug-likeness (QED) is 0.933. The number of rotatable bonds is 4. The van der Waals surface area contributed by atoms with Crippen LogP contribution in [0.5, 0.6) is 0 Å². The van der Waals surface area contributed by atoms with Gasteiger partial charge in [0.2, 0.25) is 0 Å². The summed E-state index contributed by atoms with van der Waals surface area (Å²) >= 11 is 1.87. The molecule has 1 aliphatic carbocycles. The van der Waals surface area contributed by atoms with E-state index in [1.54, 1.807) is 0 Å². The zero-order chi connectivity index (χ0) is 13.9. The van der Waals surface area contributed by atoms with Crippen molar-refractivity contribution in [2.75, 3.05) is 0 Å². The lowest BCUT2D eigenvalue weighted by atomic mass is 10.1. The van der Waals surface area contributed by atoms with E-state index in [0.717, 1.165) is 12.1 Å². The van der Waals surface area contributed by atoms with Crippen LogP contribution in [-0.2, 0) is 25.9 Å². The highest BCUT2D eigenvalue weighted by Crippen LogP contribution is 2.30. The molecule has 0 unspecified atom stereocenters. The summed E-state index contributed by atoms with van der Waals surface area (Å²) in [5.74, 6) is -0.295. The van der Waals surface area contributed by atoms with Gasteiger partial charge in [0.15, 0.2) is 0 Å². The Morgan fingerprint density at radius 3 is 2.95 bits per heavy atom. The monoisotopic (exact) mass is 286 g/mol. The first-order valence-corrected chi connectivity index (χ1v) is 7.57. The van der Waals surface area contributed by atoms with E-state index in [1.165, 1.54) is 52.8 Å². The van der Waals surface area contributed by atoms with Crippen LogP contribution in [0.2, 0.25) is 0 Å². The Morgan fingerprint density at radius 1 is 1.25 bits per heavy atom. The van der Waals surface area contributed by atoms with E-state index in [4.69, 9.17) is 5.26 Å². The number of nitriles is 1. The van der Waals surface area contributed by atoms with Gasteiger partial charge in [0.1, 0.15) is 5.82 Å². The minimum absolute atomic E-state index is 0.295. The fourth-order valence-electron chi connectivity index (χ4n) is 2.62. The van der Waals surface area contributed by atoms with E-state index in [-0.39, 0.29) is 5.82 Å². The predicted octanol–water partition coefficient (Wildman–Crippen LogP) is 3.54. The van der Waals surface area contributed by atoms with E-state index in [1.807, 2.05) is 11.3 Å². The van der Waals surface area contributed by atoms with Crippen LogP contribution in [0.25, 0.3) is 0 Å². The molecule has 1 N–H and O–H groups in total. The van der Waals surface area contributed by atoms with Crippen LogP contribution >= 0.6 is 11.3 Å². The van der Waals surface area contributed by atoms with Crippen molar-refractivity contribution in [1.82, 2.24) is 5.32 Å². The molecule has 0 aliphatic heterocycles. The Bertz CT molecular complexity index is 648. The fraction of sp³-hybridized carbons (Fsp3) is 0.312. The van der Waals surface area contributed by atoms with Gasteiger partial charge < -0.3 is 5.32 Å². The van der Waals surface area contributed by atoms with Gasteiger partial charge in [-0.3, -0.25) is 0 Å². The molecule has 2 nitrogen and oxygen atoms in total. The van der Waals surface area contributed by atoms with Gasteiger partial charge in [-0.05, 0) is 54.7 Å². The van der Waals surface area contributed by atoms with Crippen LogP contribution in [0.4, 0.5) is 4.39 Å². The Kier molecular flexibility index (Phi) is 3.81. The van der Waals surface area contributed by atoms with Gasteiger partial charge >= 0.3 is 0 Å². The minimum atomic E-state index is -0.295. The van der Waals surface area contributed by atoms with Crippen molar-refractivity contribution in [3.05, 3.63) is 56.5 Å². The van der Waals surface area contributed by atoms with E-state index in [0.29, 0.717) is 12.1 Å². The standard InChI is InChI=1S/C16H15FN2S/c17-14-5-4-12(8-18)13(6-14)9-19-10-15-7-11-2-1-3-16(11)20-15/h4-7,19H,1-3,9-10H2. The first-order chi connectivity index (χ1) is 9.76. The third-order valence-electron chi connectivity index (χ3n) is 3.60. The SMILES string of the molecule is N#Cc1ccc(F)cc1CNCc1cc2c(s1)CCC2. The summed E-state index contributed by atoms with van der Waals surface area (Å²) in [5, 5.41) is 12.3. The van der Waals surface area contributed by atoms with Crippen molar-refractivity contribution in [2.45, 2.75) is 32.4 Å². The second-order valence-corrected chi connectivity index (χ2v) is 6.25. The van der Waals surface area contributed by atoms with Gasteiger partial charge in [0, 0.05) is 22.8 Å². The zero-order valence-corrected chi connectivity index (χ0v) is 11.9. The van der Waals surface area contributed by atoms with Crippen molar-refractivity contribution in [1.29, 1.82) is 5.26 Å². The highest BCUT2D eigenvalue weighted by atomic mass is 32.1. The maximum absolute atomic E-state index is 13.2. The van der Waals surface area contributed by atoms with Crippen LogP contribution in [0, 0.1) is 17.1 Å². The van der Waals surface area contributed by atoms with Gasteiger partial charge in [-0.25, -0.2) is 4.39 Å². The number of nitrogens with zero attached hydrogens (tertiary/aromatic N) is 1. The summed E-state index contributed by atoms with van der Waals surface area (Å²) < 4.78 is 13.2. The molecule has 3 rings (SSSR count). The van der Waals surface area contributed by atoms with Crippen molar-refractivity contribution in [3.63, 3.8) is 0 Å². The molecule has 0 radical (unpaired) electrons. The lowest BCUT2D eigenvalue weighted by Crippen LogP contribution is -2.13. The Morgan fingerprint density at radius 2 is 2.15 bits per heavy atom. The summed E-state index contributed by atoms with van der Waals surface area (Å²) in [6.45, 7) is 1.29. The van der Waals surface area contributed by atoms with Crippen LogP contribution in [-0.4, -0.2) is 0 Å². The average molecular weight is 286 g/mol. The molecule has 0 saturated heterocycles. The summed E-state index contributed by atoms with van der Waals surface area (Å²) in [5.41, 5.74) is 2.75. The van der Waals surface area contributed by atoms with Crippen LogP contribution in [0.1, 0.15) is 32.9 Å². The Hall–Kier alpha value is -1.70. The second-order valence-electron chi connectivity index (χ2n) is 5.03. The molecule has 0 atom stereocenters. The highest BCUT2D eigenvalue weighted by Gasteiger charge is 2.14. The number of fused-ring (bicyclic) bond motifs is 1. The van der Waals surface area contributed by atoms with E-state index < -0.39 is 0 Å². The molecule has 0 spiro atoms. The van der Waals surface area contributed by atoms with Gasteiger partial charge in [0.25, 0.3) is 0 Å². The molecule has 0 fully saturated rings. The normalized spacial score (nSPS) is 13.2. The van der Waals surface area contributed by atoms with Gasteiger partial charge in [-0.1, -0.05) is 0 Å². The molecule has 0 amide bonds. The highest BCUT2D eigenvalue weighted by molar-refractivity contribution is 7.12. The van der Waals surface area contributed by atoms with Crippen LogP contribution in [0.15, 0.2) is 24.3 Å². The number of nitrogens with one attached hydrogen (secondary N) is 1. The molecule has 102 valence electrons. The average Bonchev–Trinajstić information content (AvgIpc) is 3.00. The molecule has 1 aliphatic rings. The number of thiophene rings is 1. The molecule has 2 aromatic rings. The van der Waals surface area contributed by atoms with Crippen LogP contribution in [0.3, 0.4) is 0 Å². The molecular formula is C16H15FN2S. The molecule has 0 bridgehead atoms. The number of hydrogen-bond acceptors (Lipinski definition) is 3. The van der Waals surface area contributed by atoms with Gasteiger partial charge in [0.05, 0.1) is 11.6 Å². The summed E-state index contributed by atoms with van der Waals surface area (Å²) in [7, 11) is 0. The van der Waals surface area contributed by atoms with Crippen molar-refractivity contribution >= 4 is 11.3 Å². The maximum atomic E-state index is 13.2. The molecule has 1 heterocycles. The largest absolute Gasteiger partial charge is 0.308 e. The third-order valence-corrected chi connectivity index (χ3v) is 4.84. The summed E-state index contributed by atoms with van der Waals surface area (Å²) in [4.78, 5) is 2.84. The number of aryl methyl sites for hydroxylation is 2. The van der Waals surface area contributed by atoms with E-state index in [2.05, 4.69) is 17.5 Å². The molecule has 4 heteroatoms. The maximum Gasteiger partial charge on any atom is 0.123 e. The van der Waals surface area contributed by atoms with E-state index >= 15 is 0 Å². The molecule has 1 aromatic heterocycles. The molecular weight excluding hydrogens is 271 g/mol. The Labute approximate surface area is 121 Å². The number of hydrogen-bond donors (Lipinski definition) is 1. The molecule has 1 aromatic carbocycles. The van der Waals surface area contributed by atoms with Crippen molar-refractivity contribution in [3.8, 4) is 6.07 Å². The lowest BCUT2D eigenvalue weighted by Gasteiger charge is -2.05. The first-order valence-electron chi connectivity index (χ1n) is 6.76. The van der Waals surface area contributed by atoms with Crippen molar-refractivity contribution in [2.24, 2.45) is 0 Å². The summed E-state index contributed by atoms with van der Waals surface area (Å²) in [6.07, 6.45) is 3.69. The first kappa shape index (κ1) is 13.3. The summed E-state index contributed by atoms with van der Waals surface area (Å²) in [6, 6.07) is 8.66. The van der Waals surface area contributed by atoms with Gasteiger partial charge in [-0.15, -0.1) is 11.3 Å². The smallest absolute Gasteiger partial charge is 0.123 e. The zero-order valence-electron chi connectivity index (χ0n) is 11.1. The number of benzene rings is 1. The van der Waals surface area contributed by atoms with Crippen molar-refractivity contribution < 1.29 is 4.39 Å². The third kappa shape index (κ3) is 2.74. The Balaban J connectivity index is 1.62. The molecule has 20 heavy (non-hydrogen) atoms. The predicted molar refractivity (Wildman–Crippen MR) is 78.0 cm³/mol. The van der Waals surface area contributed by atoms with Crippen LogP contribution < -0.4 is 5.32 Å². The fourth-order valence-corrected chi connectivity index (χ4v) is 3.85.